The molecule has 0 spiro atoms. The Morgan fingerprint density at radius 3 is 3.00 bits per heavy atom. The summed E-state index contributed by atoms with van der Waals surface area (Å²) in [7, 11) is 1.75. The predicted octanol–water partition coefficient (Wildman–Crippen LogP) is 2.17. The maximum absolute atomic E-state index is 13.6. The van der Waals surface area contributed by atoms with E-state index in [0.29, 0.717) is 5.88 Å². The van der Waals surface area contributed by atoms with Gasteiger partial charge in [-0.05, 0) is 12.1 Å². The minimum atomic E-state index is -0.457. The predicted molar refractivity (Wildman–Crippen MR) is 64.2 cm³/mol. The maximum atomic E-state index is 13.6. The van der Waals surface area contributed by atoms with Crippen LogP contribution >= 0.6 is 0 Å². The third-order valence-electron chi connectivity index (χ3n) is 2.28. The molecule has 2 aromatic rings. The summed E-state index contributed by atoms with van der Waals surface area (Å²) in [4.78, 5) is 0. The van der Waals surface area contributed by atoms with Crippen LogP contribution in [0.5, 0.6) is 5.88 Å². The van der Waals surface area contributed by atoms with Gasteiger partial charge in [-0.1, -0.05) is 6.07 Å². The monoisotopic (exact) mass is 267 g/mol. The van der Waals surface area contributed by atoms with Crippen molar-refractivity contribution in [1.29, 1.82) is 0 Å². The number of nitrogens with zero attached hydrogens (tertiary/aromatic N) is 3. The minimum Gasteiger partial charge on any atom is -0.472 e. The topological polar surface area (TPSA) is 56.5 Å². The second-order valence-corrected chi connectivity index (χ2v) is 3.85. The first-order valence-electron chi connectivity index (χ1n) is 5.10. The van der Waals surface area contributed by atoms with Crippen LogP contribution in [0.4, 0.5) is 10.1 Å². The summed E-state index contributed by atoms with van der Waals surface area (Å²) >= 11 is 0.0364. The molecule has 2 rings (SSSR count). The van der Waals surface area contributed by atoms with E-state index in [4.69, 9.17) is 4.74 Å². The fourth-order valence-corrected chi connectivity index (χ4v) is 1.68. The summed E-state index contributed by atoms with van der Waals surface area (Å²) in [5, 5.41) is 4.01. The van der Waals surface area contributed by atoms with E-state index in [1.807, 2.05) is 0 Å². The largest absolute Gasteiger partial charge is 0.472 e. The molecule has 0 saturated heterocycles. The average Bonchev–Trinajstić information content (AvgIpc) is 2.75. The third-order valence-corrected chi connectivity index (χ3v) is 2.55. The van der Waals surface area contributed by atoms with E-state index in [2.05, 4.69) is 9.46 Å². The number of aromatic nitrogens is 2. The number of benzene rings is 1. The molecule has 1 heterocycles. The lowest BCUT2D eigenvalue weighted by molar-refractivity contribution is 0.285. The van der Waals surface area contributed by atoms with Crippen LogP contribution in [0.15, 0.2) is 34.8 Å². The molecule has 0 saturated carbocycles. The van der Waals surface area contributed by atoms with E-state index in [1.54, 1.807) is 30.1 Å². The average molecular weight is 267 g/mol. The van der Waals surface area contributed by atoms with Crippen molar-refractivity contribution < 1.29 is 13.3 Å². The van der Waals surface area contributed by atoms with Crippen molar-refractivity contribution in [2.45, 2.75) is 6.61 Å². The van der Waals surface area contributed by atoms with E-state index >= 15 is 0 Å². The zero-order valence-corrected chi connectivity index (χ0v) is 10.4. The van der Waals surface area contributed by atoms with Gasteiger partial charge in [0.05, 0.1) is 11.3 Å². The molecule has 0 radical (unpaired) electrons. The molecular weight excluding hydrogens is 257 g/mol. The molecular formula is C11H10FN3O2S. The number of hydrogen-bond donors (Lipinski definition) is 0. The van der Waals surface area contributed by atoms with Crippen molar-refractivity contribution in [3.63, 3.8) is 0 Å². The molecule has 0 N–H and O–H groups in total. The Labute approximate surface area is 106 Å². The van der Waals surface area contributed by atoms with Gasteiger partial charge in [-0.25, -0.2) is 4.39 Å². The van der Waals surface area contributed by atoms with Crippen LogP contribution in [0.1, 0.15) is 5.56 Å². The molecule has 0 amide bonds. The van der Waals surface area contributed by atoms with Crippen LogP contribution in [0.3, 0.4) is 0 Å². The van der Waals surface area contributed by atoms with Crippen molar-refractivity contribution in [1.82, 2.24) is 9.78 Å². The van der Waals surface area contributed by atoms with E-state index in [9.17, 15) is 8.60 Å². The number of rotatable bonds is 4. The van der Waals surface area contributed by atoms with Gasteiger partial charge < -0.3 is 4.74 Å². The zero-order chi connectivity index (χ0) is 13.0. The first kappa shape index (κ1) is 12.4. The van der Waals surface area contributed by atoms with Gasteiger partial charge in [0, 0.05) is 19.3 Å². The molecule has 1 aromatic heterocycles. The van der Waals surface area contributed by atoms with Crippen LogP contribution in [0, 0.1) is 5.82 Å². The molecule has 5 nitrogen and oxygen atoms in total. The summed E-state index contributed by atoms with van der Waals surface area (Å²) in [5.41, 5.74) is 0.525. The normalized spacial score (nSPS) is 10.1. The molecule has 1 aromatic carbocycles. The summed E-state index contributed by atoms with van der Waals surface area (Å²) < 4.78 is 34.5. The van der Waals surface area contributed by atoms with Gasteiger partial charge in [-0.2, -0.15) is 8.57 Å². The third kappa shape index (κ3) is 2.80. The van der Waals surface area contributed by atoms with Crippen LogP contribution in [0.25, 0.3) is 0 Å². The summed E-state index contributed by atoms with van der Waals surface area (Å²) in [6.45, 7) is -0.0247. The fourth-order valence-electron chi connectivity index (χ4n) is 1.43. The van der Waals surface area contributed by atoms with Crippen molar-refractivity contribution in [3.05, 3.63) is 41.8 Å². The Kier molecular flexibility index (Phi) is 3.83. The van der Waals surface area contributed by atoms with Gasteiger partial charge >= 0.3 is 0 Å². The van der Waals surface area contributed by atoms with Gasteiger partial charge in [-0.15, -0.1) is 5.10 Å². The van der Waals surface area contributed by atoms with Crippen LogP contribution < -0.4 is 4.74 Å². The quantitative estimate of drug-likeness (QED) is 0.853. The molecule has 94 valence electrons. The number of halogens is 1. The van der Waals surface area contributed by atoms with Gasteiger partial charge in [0.2, 0.25) is 17.3 Å². The van der Waals surface area contributed by atoms with Gasteiger partial charge in [0.15, 0.2) is 0 Å². The summed E-state index contributed by atoms with van der Waals surface area (Å²) in [5.74, 6) is -0.0669. The Balaban J connectivity index is 2.20. The van der Waals surface area contributed by atoms with Gasteiger partial charge in [0.25, 0.3) is 0 Å². The highest BCUT2D eigenvalue weighted by Gasteiger charge is 2.09. The summed E-state index contributed by atoms with van der Waals surface area (Å²) in [6.07, 6.45) is 1.72. The smallest absolute Gasteiger partial charge is 0.233 e. The molecule has 0 unspecified atom stereocenters. The molecule has 0 aliphatic carbocycles. The van der Waals surface area contributed by atoms with Gasteiger partial charge in [-0.3, -0.25) is 4.68 Å². The van der Waals surface area contributed by atoms with Crippen LogP contribution in [-0.4, -0.2) is 14.0 Å². The Morgan fingerprint density at radius 1 is 1.50 bits per heavy atom. The molecule has 0 bridgehead atoms. The standard InChI is InChI=1S/C11H10FN3O2S/c1-15-6-5-11(13-15)17-7-8-9(12)3-2-4-10(8)14-18-16/h2-6H,7H2,1H3. The lowest BCUT2D eigenvalue weighted by Gasteiger charge is -2.06. The molecule has 7 heteroatoms. The number of hydrogen-bond acceptors (Lipinski definition) is 4. The first-order valence-corrected chi connectivity index (χ1v) is 5.80. The molecule has 0 aliphatic rings. The van der Waals surface area contributed by atoms with Crippen LogP contribution in [0.2, 0.25) is 0 Å². The highest BCUT2D eigenvalue weighted by molar-refractivity contribution is 7.54. The van der Waals surface area contributed by atoms with E-state index in [1.165, 1.54) is 12.1 Å². The second kappa shape index (κ2) is 5.54. The second-order valence-electron chi connectivity index (χ2n) is 3.52. The molecule has 18 heavy (non-hydrogen) atoms. The number of aryl methyl sites for hydroxylation is 1. The Morgan fingerprint density at radius 2 is 2.33 bits per heavy atom. The molecule has 0 atom stereocenters. The van der Waals surface area contributed by atoms with E-state index in [-0.39, 0.29) is 29.3 Å². The van der Waals surface area contributed by atoms with Gasteiger partial charge in [0.1, 0.15) is 12.4 Å². The lowest BCUT2D eigenvalue weighted by Crippen LogP contribution is -2.00. The van der Waals surface area contributed by atoms with Crippen molar-refractivity contribution >= 4 is 17.2 Å². The minimum absolute atomic E-state index is 0.0247. The highest BCUT2D eigenvalue weighted by atomic mass is 32.1. The fraction of sp³-hybridized carbons (Fsp3) is 0.182. The van der Waals surface area contributed by atoms with E-state index in [0.717, 1.165) is 0 Å². The number of ether oxygens (including phenoxy) is 1. The summed E-state index contributed by atoms with van der Waals surface area (Å²) in [6, 6.07) is 6.02. The SMILES string of the molecule is Cn1ccc(OCc2c(F)cccc2N=S=O)n1. The highest BCUT2D eigenvalue weighted by Crippen LogP contribution is 2.23. The lowest BCUT2D eigenvalue weighted by atomic mass is 10.2. The maximum Gasteiger partial charge on any atom is 0.233 e. The van der Waals surface area contributed by atoms with Crippen molar-refractivity contribution in [3.8, 4) is 5.88 Å². The zero-order valence-electron chi connectivity index (χ0n) is 9.54. The molecule has 0 aliphatic heterocycles. The Bertz CT molecular complexity index is 608. The first-order chi connectivity index (χ1) is 8.70. The van der Waals surface area contributed by atoms with Crippen molar-refractivity contribution in [2.24, 2.45) is 11.4 Å². The van der Waals surface area contributed by atoms with E-state index < -0.39 is 5.82 Å². The molecule has 0 fully saturated rings. The van der Waals surface area contributed by atoms with Crippen molar-refractivity contribution in [2.75, 3.05) is 0 Å². The van der Waals surface area contributed by atoms with Crippen LogP contribution in [-0.2, 0) is 25.1 Å². The Hall–Kier alpha value is -2.02.